The first-order valence-electron chi connectivity index (χ1n) is 6.18. The van der Waals surface area contributed by atoms with Crippen LogP contribution in [0.3, 0.4) is 0 Å². The molecule has 0 spiro atoms. The van der Waals surface area contributed by atoms with Gasteiger partial charge in [-0.15, -0.1) is 0 Å². The van der Waals surface area contributed by atoms with Gasteiger partial charge in [-0.2, -0.15) is 0 Å². The van der Waals surface area contributed by atoms with Crippen LogP contribution in [-0.2, 0) is 10.0 Å². The van der Waals surface area contributed by atoms with E-state index >= 15 is 0 Å². The average Bonchev–Trinajstić information content (AvgIpc) is 2.27. The maximum absolute atomic E-state index is 10.9. The summed E-state index contributed by atoms with van der Waals surface area (Å²) in [5.74, 6) is 0.466. The predicted octanol–water partition coefficient (Wildman–Crippen LogP) is 0.0185. The van der Waals surface area contributed by atoms with Gasteiger partial charge in [0.25, 0.3) is 0 Å². The van der Waals surface area contributed by atoms with Gasteiger partial charge in [-0.05, 0) is 38.6 Å². The molecule has 2 N–H and O–H groups in total. The van der Waals surface area contributed by atoms with Gasteiger partial charge in [-0.25, -0.2) is 13.1 Å². The molecule has 0 aromatic carbocycles. The Balaban J connectivity index is 2.22. The number of hydrogen-bond donors (Lipinski definition) is 2. The van der Waals surface area contributed by atoms with Crippen molar-refractivity contribution < 1.29 is 13.5 Å². The molecule has 0 aromatic rings. The van der Waals surface area contributed by atoms with Gasteiger partial charge < -0.3 is 10.0 Å². The molecule has 6 heteroatoms. The first-order valence-corrected chi connectivity index (χ1v) is 8.07. The van der Waals surface area contributed by atoms with Gasteiger partial charge in [-0.1, -0.05) is 0 Å². The summed E-state index contributed by atoms with van der Waals surface area (Å²) in [6.07, 6.45) is 5.52. The number of likely N-dealkylation sites (N-methyl/N-ethyl adjacent to an activating group) is 1. The Morgan fingerprint density at radius 3 is 2.35 bits per heavy atom. The van der Waals surface area contributed by atoms with Crippen LogP contribution in [0.2, 0.25) is 0 Å². The molecule has 0 radical (unpaired) electrons. The van der Waals surface area contributed by atoms with Gasteiger partial charge in [0.2, 0.25) is 10.0 Å². The van der Waals surface area contributed by atoms with Crippen molar-refractivity contribution in [3.8, 4) is 0 Å². The zero-order valence-corrected chi connectivity index (χ0v) is 11.5. The van der Waals surface area contributed by atoms with Crippen LogP contribution in [0.25, 0.3) is 0 Å². The van der Waals surface area contributed by atoms with E-state index in [0.29, 0.717) is 25.1 Å². The third-order valence-corrected chi connectivity index (χ3v) is 4.26. The molecule has 1 rings (SSSR count). The quantitative estimate of drug-likeness (QED) is 0.709. The number of rotatable bonds is 6. The van der Waals surface area contributed by atoms with Crippen LogP contribution in [0.5, 0.6) is 0 Å². The minimum Gasteiger partial charge on any atom is -0.396 e. The molecule has 5 nitrogen and oxygen atoms in total. The molecule has 1 fully saturated rings. The molecule has 0 amide bonds. The summed E-state index contributed by atoms with van der Waals surface area (Å²) in [4.78, 5) is 2.21. The van der Waals surface area contributed by atoms with Gasteiger partial charge in [0.1, 0.15) is 0 Å². The maximum Gasteiger partial charge on any atom is 0.208 e. The molecule has 0 aromatic heterocycles. The number of aliphatic hydroxyl groups excluding tert-OH is 1. The van der Waals surface area contributed by atoms with Crippen molar-refractivity contribution >= 4 is 10.0 Å². The van der Waals surface area contributed by atoms with Gasteiger partial charge >= 0.3 is 0 Å². The summed E-state index contributed by atoms with van der Waals surface area (Å²) in [6.45, 7) is 1.50. The third-order valence-electron chi connectivity index (χ3n) is 3.53. The summed E-state index contributed by atoms with van der Waals surface area (Å²) in [5.41, 5.74) is 0. The largest absolute Gasteiger partial charge is 0.396 e. The highest BCUT2D eigenvalue weighted by molar-refractivity contribution is 7.88. The van der Waals surface area contributed by atoms with E-state index < -0.39 is 10.0 Å². The zero-order valence-electron chi connectivity index (χ0n) is 10.7. The van der Waals surface area contributed by atoms with Crippen LogP contribution in [0, 0.1) is 5.92 Å². The lowest BCUT2D eigenvalue weighted by Gasteiger charge is -2.34. The monoisotopic (exact) mass is 264 g/mol. The topological polar surface area (TPSA) is 69.6 Å². The van der Waals surface area contributed by atoms with Crippen LogP contribution < -0.4 is 4.72 Å². The lowest BCUT2D eigenvalue weighted by Crippen LogP contribution is -2.40. The Labute approximate surface area is 104 Å². The molecule has 0 unspecified atom stereocenters. The fourth-order valence-corrected chi connectivity index (χ4v) is 2.82. The second kappa shape index (κ2) is 6.68. The lowest BCUT2D eigenvalue weighted by atomic mass is 9.86. The van der Waals surface area contributed by atoms with E-state index in [1.54, 1.807) is 0 Å². The Hall–Kier alpha value is -0.170. The highest BCUT2D eigenvalue weighted by Crippen LogP contribution is 2.26. The Morgan fingerprint density at radius 1 is 1.29 bits per heavy atom. The van der Waals surface area contributed by atoms with Crippen molar-refractivity contribution in [3.63, 3.8) is 0 Å². The molecule has 17 heavy (non-hydrogen) atoms. The minimum atomic E-state index is -3.07. The highest BCUT2D eigenvalue weighted by atomic mass is 32.2. The van der Waals surface area contributed by atoms with E-state index in [2.05, 4.69) is 9.62 Å². The number of sulfonamides is 1. The van der Waals surface area contributed by atoms with E-state index in [1.165, 1.54) is 6.26 Å². The second-order valence-electron chi connectivity index (χ2n) is 5.00. The van der Waals surface area contributed by atoms with Crippen molar-refractivity contribution in [3.05, 3.63) is 0 Å². The first kappa shape index (κ1) is 14.9. The van der Waals surface area contributed by atoms with Crippen molar-refractivity contribution in [2.45, 2.75) is 31.7 Å². The van der Waals surface area contributed by atoms with Gasteiger partial charge in [0.15, 0.2) is 0 Å². The highest BCUT2D eigenvalue weighted by Gasteiger charge is 2.23. The molecule has 0 saturated heterocycles. The number of nitrogens with zero attached hydrogens (tertiary/aromatic N) is 1. The summed E-state index contributed by atoms with van der Waals surface area (Å²) in [5, 5.41) is 9.06. The standard InChI is InChI=1S/C11H24N2O3S/c1-13(8-7-12-17(2,15)16)11-5-3-10(9-14)4-6-11/h10-12,14H,3-9H2,1-2H3. The smallest absolute Gasteiger partial charge is 0.208 e. The van der Waals surface area contributed by atoms with E-state index in [-0.39, 0.29) is 0 Å². The van der Waals surface area contributed by atoms with Gasteiger partial charge in [0, 0.05) is 25.7 Å². The second-order valence-corrected chi connectivity index (χ2v) is 6.84. The summed E-state index contributed by atoms with van der Waals surface area (Å²) >= 11 is 0. The predicted molar refractivity (Wildman–Crippen MR) is 68.3 cm³/mol. The number of aliphatic hydroxyl groups is 1. The van der Waals surface area contributed by atoms with Crippen LogP contribution >= 0.6 is 0 Å². The molecule has 0 bridgehead atoms. The van der Waals surface area contributed by atoms with E-state index in [0.717, 1.165) is 32.2 Å². The lowest BCUT2D eigenvalue weighted by molar-refractivity contribution is 0.129. The van der Waals surface area contributed by atoms with Gasteiger partial charge in [0.05, 0.1) is 6.26 Å². The summed E-state index contributed by atoms with van der Waals surface area (Å²) in [6, 6.07) is 0.527. The normalized spacial score (nSPS) is 26.4. The molecule has 0 atom stereocenters. The molecular formula is C11H24N2O3S. The van der Waals surface area contributed by atoms with Crippen LogP contribution in [-0.4, -0.2) is 57.5 Å². The maximum atomic E-state index is 10.9. The van der Waals surface area contributed by atoms with Crippen LogP contribution in [0.15, 0.2) is 0 Å². The molecule has 1 aliphatic rings. The van der Waals surface area contributed by atoms with Crippen molar-refractivity contribution in [1.29, 1.82) is 0 Å². The van der Waals surface area contributed by atoms with Crippen LogP contribution in [0.1, 0.15) is 25.7 Å². The van der Waals surface area contributed by atoms with Gasteiger partial charge in [-0.3, -0.25) is 0 Å². The zero-order chi connectivity index (χ0) is 12.9. The van der Waals surface area contributed by atoms with E-state index in [9.17, 15) is 8.42 Å². The Bertz CT molecular complexity index is 311. The molecule has 0 heterocycles. The average molecular weight is 264 g/mol. The molecular weight excluding hydrogens is 240 g/mol. The van der Waals surface area contributed by atoms with E-state index in [1.807, 2.05) is 7.05 Å². The van der Waals surface area contributed by atoms with Crippen molar-refractivity contribution in [2.75, 3.05) is 33.0 Å². The van der Waals surface area contributed by atoms with Crippen molar-refractivity contribution in [2.24, 2.45) is 5.92 Å². The number of hydrogen-bond acceptors (Lipinski definition) is 4. The fourth-order valence-electron chi connectivity index (χ4n) is 2.36. The summed E-state index contributed by atoms with van der Waals surface area (Å²) in [7, 11) is -1.04. The summed E-state index contributed by atoms with van der Waals surface area (Å²) < 4.78 is 24.3. The molecule has 1 aliphatic carbocycles. The van der Waals surface area contributed by atoms with Crippen LogP contribution in [0.4, 0.5) is 0 Å². The number of nitrogens with one attached hydrogen (secondary N) is 1. The fraction of sp³-hybridized carbons (Fsp3) is 1.00. The first-order chi connectivity index (χ1) is 7.92. The Kier molecular flexibility index (Phi) is 5.85. The molecule has 1 saturated carbocycles. The van der Waals surface area contributed by atoms with Crippen molar-refractivity contribution in [1.82, 2.24) is 9.62 Å². The Morgan fingerprint density at radius 2 is 1.88 bits per heavy atom. The minimum absolute atomic E-state index is 0.298. The molecule has 0 aliphatic heterocycles. The SMILES string of the molecule is CN(CCNS(C)(=O)=O)C1CCC(CO)CC1. The third kappa shape index (κ3) is 5.81. The molecule has 102 valence electrons. The van der Waals surface area contributed by atoms with E-state index in [4.69, 9.17) is 5.11 Å².